The summed E-state index contributed by atoms with van der Waals surface area (Å²) in [6.45, 7) is -0.582. The number of carbonyl (C=O) groups excluding carboxylic acids is 2. The Hall–Kier alpha value is -1.59. The number of carboxylic acids is 1. The number of hydrogen-bond acceptors (Lipinski definition) is 4. The van der Waals surface area contributed by atoms with E-state index in [1.54, 1.807) is 0 Å². The van der Waals surface area contributed by atoms with Crippen LogP contribution in [0.2, 0.25) is 0 Å². The predicted molar refractivity (Wildman–Crippen MR) is 32.8 cm³/mol. The summed E-state index contributed by atoms with van der Waals surface area (Å²) < 4.78 is 4.03. The fourth-order valence-corrected chi connectivity index (χ4v) is 0.371. The Balaban J connectivity index is 3.53. The van der Waals surface area contributed by atoms with Crippen molar-refractivity contribution in [3.63, 3.8) is 0 Å². The fourth-order valence-electron chi connectivity index (χ4n) is 0.371. The lowest BCUT2D eigenvalue weighted by molar-refractivity contribution is -0.140. The second-order valence-corrected chi connectivity index (χ2v) is 1.72. The third-order valence-electron chi connectivity index (χ3n) is 0.724. The van der Waals surface area contributed by atoms with Crippen LogP contribution in [0.1, 0.15) is 6.42 Å². The molecule has 11 heavy (non-hydrogen) atoms. The molecule has 1 amide bonds. The third-order valence-corrected chi connectivity index (χ3v) is 0.724. The summed E-state index contributed by atoms with van der Waals surface area (Å²) >= 11 is 0. The Morgan fingerprint density at radius 2 is 1.91 bits per heavy atom. The molecule has 0 heterocycles. The van der Waals surface area contributed by atoms with Crippen LogP contribution in [0.25, 0.3) is 0 Å². The first-order valence-corrected chi connectivity index (χ1v) is 2.68. The van der Waals surface area contributed by atoms with E-state index in [0.29, 0.717) is 0 Å². The van der Waals surface area contributed by atoms with Gasteiger partial charge in [0.25, 0.3) is 0 Å². The van der Waals surface area contributed by atoms with Gasteiger partial charge in [-0.2, -0.15) is 0 Å². The lowest BCUT2D eigenvalue weighted by Crippen LogP contribution is -2.20. The molecule has 0 radical (unpaired) electrons. The maximum atomic E-state index is 10.4. The van der Waals surface area contributed by atoms with Crippen LogP contribution in [0.5, 0.6) is 0 Å². The molecule has 0 saturated heterocycles. The van der Waals surface area contributed by atoms with Crippen molar-refractivity contribution in [2.45, 2.75) is 6.42 Å². The average molecular weight is 161 g/mol. The molecule has 6 heteroatoms. The van der Waals surface area contributed by atoms with Gasteiger partial charge in [0.15, 0.2) is 12.4 Å². The number of primary amides is 1. The van der Waals surface area contributed by atoms with Crippen molar-refractivity contribution >= 4 is 17.8 Å². The Bertz CT molecular complexity index is 187. The van der Waals surface area contributed by atoms with Gasteiger partial charge in [-0.15, -0.1) is 0 Å². The summed E-state index contributed by atoms with van der Waals surface area (Å²) in [5.41, 5.74) is 4.51. The van der Waals surface area contributed by atoms with Crippen molar-refractivity contribution in [2.75, 3.05) is 6.61 Å². The highest BCUT2D eigenvalue weighted by molar-refractivity contribution is 5.95. The van der Waals surface area contributed by atoms with Crippen LogP contribution in [0.4, 0.5) is 4.79 Å². The number of nitrogens with two attached hydrogens (primary N) is 1. The first-order chi connectivity index (χ1) is 5.02. The number of amides is 1. The smallest absolute Gasteiger partial charge is 0.404 e. The number of rotatable bonds is 4. The Kier molecular flexibility index (Phi) is 3.65. The normalized spacial score (nSPS) is 8.73. The Morgan fingerprint density at radius 1 is 1.36 bits per heavy atom. The van der Waals surface area contributed by atoms with Gasteiger partial charge in [0.1, 0.15) is 6.42 Å². The van der Waals surface area contributed by atoms with E-state index < -0.39 is 30.9 Å². The highest BCUT2D eigenvalue weighted by Gasteiger charge is 2.08. The fraction of sp³-hybridized carbons (Fsp3) is 0.400. The summed E-state index contributed by atoms with van der Waals surface area (Å²) in [6.07, 6.45) is -1.75. The molecular formula is C5H7NO5. The zero-order valence-electron chi connectivity index (χ0n) is 5.57. The number of ether oxygens (including phenoxy) is 1. The Morgan fingerprint density at radius 3 is 2.27 bits per heavy atom. The number of carbonyl (C=O) groups is 3. The molecule has 0 rings (SSSR count). The van der Waals surface area contributed by atoms with E-state index in [1.165, 1.54) is 0 Å². The molecule has 0 atom stereocenters. The maximum absolute atomic E-state index is 10.4. The summed E-state index contributed by atoms with van der Waals surface area (Å²) in [7, 11) is 0. The van der Waals surface area contributed by atoms with Gasteiger partial charge in [0, 0.05) is 0 Å². The van der Waals surface area contributed by atoms with Crippen molar-refractivity contribution in [1.82, 2.24) is 0 Å². The van der Waals surface area contributed by atoms with Gasteiger partial charge in [-0.3, -0.25) is 9.59 Å². The molecule has 0 unspecified atom stereocenters. The largest absolute Gasteiger partial charge is 0.481 e. The molecule has 6 nitrogen and oxygen atoms in total. The van der Waals surface area contributed by atoms with Gasteiger partial charge < -0.3 is 15.6 Å². The van der Waals surface area contributed by atoms with Crippen LogP contribution >= 0.6 is 0 Å². The van der Waals surface area contributed by atoms with Gasteiger partial charge in [-0.25, -0.2) is 4.79 Å². The standard InChI is InChI=1S/C5H7NO5/c6-5(10)11-2-3(7)1-4(8)9/h1-2H2,(H2,6,10)(H,8,9). The molecule has 0 spiro atoms. The summed E-state index contributed by atoms with van der Waals surface area (Å²) in [5, 5.41) is 8.06. The number of hydrogen-bond donors (Lipinski definition) is 2. The first kappa shape index (κ1) is 9.41. The minimum atomic E-state index is -1.26. The topological polar surface area (TPSA) is 107 Å². The van der Waals surface area contributed by atoms with Crippen LogP contribution in [0.3, 0.4) is 0 Å². The minimum Gasteiger partial charge on any atom is -0.481 e. The monoisotopic (exact) mass is 161 g/mol. The lowest BCUT2D eigenvalue weighted by atomic mass is 10.3. The van der Waals surface area contributed by atoms with Crippen LogP contribution in [0.15, 0.2) is 0 Å². The van der Waals surface area contributed by atoms with Gasteiger partial charge in [-0.1, -0.05) is 0 Å². The van der Waals surface area contributed by atoms with Crippen LogP contribution in [-0.2, 0) is 14.3 Å². The highest BCUT2D eigenvalue weighted by Crippen LogP contribution is 1.84. The molecule has 0 aromatic carbocycles. The molecule has 0 bridgehead atoms. The second kappa shape index (κ2) is 4.26. The minimum absolute atomic E-state index is 0.582. The molecule has 0 saturated carbocycles. The van der Waals surface area contributed by atoms with E-state index >= 15 is 0 Å². The number of aliphatic carboxylic acids is 1. The van der Waals surface area contributed by atoms with Crippen molar-refractivity contribution in [1.29, 1.82) is 0 Å². The van der Waals surface area contributed by atoms with E-state index in [9.17, 15) is 14.4 Å². The molecular weight excluding hydrogens is 154 g/mol. The van der Waals surface area contributed by atoms with Gasteiger partial charge in [0.05, 0.1) is 0 Å². The predicted octanol–water partition coefficient (Wildman–Crippen LogP) is -0.875. The zero-order valence-corrected chi connectivity index (χ0v) is 5.57. The maximum Gasteiger partial charge on any atom is 0.404 e. The van der Waals surface area contributed by atoms with Crippen molar-refractivity contribution in [2.24, 2.45) is 5.73 Å². The molecule has 0 aromatic heterocycles. The van der Waals surface area contributed by atoms with Gasteiger partial charge in [0.2, 0.25) is 0 Å². The first-order valence-electron chi connectivity index (χ1n) is 2.68. The van der Waals surface area contributed by atoms with E-state index in [1.807, 2.05) is 0 Å². The third kappa shape index (κ3) is 6.29. The SMILES string of the molecule is NC(=O)OCC(=O)CC(=O)O. The molecule has 0 aliphatic rings. The van der Waals surface area contributed by atoms with E-state index in [4.69, 9.17) is 5.11 Å². The summed E-state index contributed by atoms with van der Waals surface area (Å²) in [5.74, 6) is -1.96. The van der Waals surface area contributed by atoms with E-state index in [-0.39, 0.29) is 0 Å². The summed E-state index contributed by atoms with van der Waals surface area (Å²) in [4.78, 5) is 30.2. The quantitative estimate of drug-likeness (QED) is 0.521. The molecule has 0 aliphatic carbocycles. The second-order valence-electron chi connectivity index (χ2n) is 1.72. The molecule has 0 fully saturated rings. The van der Waals surface area contributed by atoms with Gasteiger partial charge in [-0.05, 0) is 0 Å². The average Bonchev–Trinajstić information content (AvgIpc) is 1.82. The van der Waals surface area contributed by atoms with E-state index in [2.05, 4.69) is 10.5 Å². The van der Waals surface area contributed by atoms with Crippen molar-refractivity contribution in [3.05, 3.63) is 0 Å². The van der Waals surface area contributed by atoms with Crippen LogP contribution in [-0.4, -0.2) is 29.6 Å². The number of Topliss-reactive ketones (excluding diaryl/α,β-unsaturated/α-hetero) is 1. The van der Waals surface area contributed by atoms with Crippen LogP contribution in [0, 0.1) is 0 Å². The van der Waals surface area contributed by atoms with Crippen molar-refractivity contribution in [3.8, 4) is 0 Å². The molecule has 3 N–H and O–H groups in total. The molecule has 0 aromatic rings. The zero-order chi connectivity index (χ0) is 8.85. The highest BCUT2D eigenvalue weighted by atomic mass is 16.5. The van der Waals surface area contributed by atoms with Crippen molar-refractivity contribution < 1.29 is 24.2 Å². The van der Waals surface area contributed by atoms with Gasteiger partial charge >= 0.3 is 12.1 Å². The van der Waals surface area contributed by atoms with E-state index in [0.717, 1.165) is 0 Å². The number of ketones is 1. The molecule has 62 valence electrons. The molecule has 0 aliphatic heterocycles. The Labute approximate surface area is 61.9 Å². The van der Waals surface area contributed by atoms with Crippen LogP contribution < -0.4 is 5.73 Å². The summed E-state index contributed by atoms with van der Waals surface area (Å²) in [6, 6.07) is 0. The lowest BCUT2D eigenvalue weighted by Gasteiger charge is -1.96. The number of carboxylic acid groups (broad SMARTS) is 1.